The Bertz CT molecular complexity index is 548. The minimum absolute atomic E-state index is 0.0563. The van der Waals surface area contributed by atoms with Gasteiger partial charge in [0, 0.05) is 5.92 Å². The van der Waals surface area contributed by atoms with Gasteiger partial charge in [-0.15, -0.1) is 5.10 Å². The van der Waals surface area contributed by atoms with Crippen molar-refractivity contribution in [3.63, 3.8) is 0 Å². The molecular formula is C12H14N4O2S. The normalized spacial score (nSPS) is 14.5. The zero-order chi connectivity index (χ0) is 13.1. The fourth-order valence-corrected chi connectivity index (χ4v) is 2.28. The van der Waals surface area contributed by atoms with Crippen molar-refractivity contribution in [2.75, 3.05) is 5.75 Å². The Morgan fingerprint density at radius 3 is 3.21 bits per heavy atom. The number of carbonyl (C=O) groups excluding carboxylic acids is 1. The second-order valence-electron chi connectivity index (χ2n) is 4.42. The lowest BCUT2D eigenvalue weighted by molar-refractivity contribution is -0.118. The first kappa shape index (κ1) is 12.3. The SMILES string of the molecule is O=C(CSc1n[nH]c(C2CC2)n1)NCc1ccco1. The van der Waals surface area contributed by atoms with Gasteiger partial charge in [0.25, 0.3) is 0 Å². The summed E-state index contributed by atoms with van der Waals surface area (Å²) >= 11 is 1.34. The van der Waals surface area contributed by atoms with Crippen molar-refractivity contribution in [2.45, 2.75) is 30.5 Å². The summed E-state index contributed by atoms with van der Waals surface area (Å²) in [4.78, 5) is 16.0. The summed E-state index contributed by atoms with van der Waals surface area (Å²) in [6.07, 6.45) is 3.95. The van der Waals surface area contributed by atoms with E-state index in [0.717, 1.165) is 11.6 Å². The summed E-state index contributed by atoms with van der Waals surface area (Å²) in [5.41, 5.74) is 0. The van der Waals surface area contributed by atoms with E-state index in [-0.39, 0.29) is 5.91 Å². The van der Waals surface area contributed by atoms with Crippen LogP contribution in [0.25, 0.3) is 0 Å². The molecule has 2 aromatic rings. The molecular weight excluding hydrogens is 264 g/mol. The topological polar surface area (TPSA) is 83.8 Å². The number of hydrogen-bond acceptors (Lipinski definition) is 5. The van der Waals surface area contributed by atoms with Crippen molar-refractivity contribution >= 4 is 17.7 Å². The van der Waals surface area contributed by atoms with Gasteiger partial charge in [-0.05, 0) is 25.0 Å². The van der Waals surface area contributed by atoms with E-state index in [9.17, 15) is 4.79 Å². The lowest BCUT2D eigenvalue weighted by atomic mass is 10.4. The van der Waals surface area contributed by atoms with Crippen LogP contribution in [0.15, 0.2) is 28.0 Å². The smallest absolute Gasteiger partial charge is 0.230 e. The predicted molar refractivity (Wildman–Crippen MR) is 69.6 cm³/mol. The van der Waals surface area contributed by atoms with Crippen LogP contribution in [-0.2, 0) is 11.3 Å². The number of H-pyrrole nitrogens is 1. The Balaban J connectivity index is 1.41. The third-order valence-electron chi connectivity index (χ3n) is 2.82. The number of carbonyl (C=O) groups is 1. The highest BCUT2D eigenvalue weighted by molar-refractivity contribution is 7.99. The molecule has 0 aromatic carbocycles. The number of nitrogens with one attached hydrogen (secondary N) is 2. The van der Waals surface area contributed by atoms with Crippen LogP contribution in [-0.4, -0.2) is 26.8 Å². The van der Waals surface area contributed by atoms with Gasteiger partial charge in [0.2, 0.25) is 11.1 Å². The van der Waals surface area contributed by atoms with Gasteiger partial charge in [0.15, 0.2) is 0 Å². The monoisotopic (exact) mass is 278 g/mol. The first-order chi connectivity index (χ1) is 9.31. The zero-order valence-electron chi connectivity index (χ0n) is 10.3. The molecule has 1 amide bonds. The fraction of sp³-hybridized carbons (Fsp3) is 0.417. The molecule has 0 atom stereocenters. The molecule has 1 aliphatic carbocycles. The van der Waals surface area contributed by atoms with Gasteiger partial charge in [0.05, 0.1) is 18.6 Å². The van der Waals surface area contributed by atoms with Crippen molar-refractivity contribution < 1.29 is 9.21 Å². The maximum absolute atomic E-state index is 11.6. The third kappa shape index (κ3) is 3.37. The Morgan fingerprint density at radius 2 is 2.47 bits per heavy atom. The van der Waals surface area contributed by atoms with Crippen LogP contribution in [0.4, 0.5) is 0 Å². The van der Waals surface area contributed by atoms with Crippen LogP contribution in [0.3, 0.4) is 0 Å². The van der Waals surface area contributed by atoms with E-state index < -0.39 is 0 Å². The Hall–Kier alpha value is -1.76. The van der Waals surface area contributed by atoms with Gasteiger partial charge in [0.1, 0.15) is 11.6 Å². The number of aromatic amines is 1. The highest BCUT2D eigenvalue weighted by atomic mass is 32.2. The standard InChI is InChI=1S/C12H14N4O2S/c17-10(13-6-9-2-1-5-18-9)7-19-12-14-11(15-16-12)8-3-4-8/h1-2,5,8H,3-4,6-7H2,(H,13,17)(H,14,15,16). The maximum Gasteiger partial charge on any atom is 0.230 e. The van der Waals surface area contributed by atoms with Crippen molar-refractivity contribution in [2.24, 2.45) is 0 Å². The third-order valence-corrected chi connectivity index (χ3v) is 3.67. The number of nitrogens with zero attached hydrogens (tertiary/aromatic N) is 2. The van der Waals surface area contributed by atoms with Crippen molar-refractivity contribution in [1.29, 1.82) is 0 Å². The highest BCUT2D eigenvalue weighted by Gasteiger charge is 2.27. The molecule has 100 valence electrons. The van der Waals surface area contributed by atoms with Crippen LogP contribution < -0.4 is 5.32 Å². The van der Waals surface area contributed by atoms with Gasteiger partial charge in [-0.2, -0.15) is 0 Å². The minimum atomic E-state index is -0.0563. The van der Waals surface area contributed by atoms with Crippen molar-refractivity contribution in [3.05, 3.63) is 30.0 Å². The van der Waals surface area contributed by atoms with E-state index in [1.165, 1.54) is 24.6 Å². The molecule has 0 radical (unpaired) electrons. The molecule has 6 nitrogen and oxygen atoms in total. The number of furan rings is 1. The molecule has 2 N–H and O–H groups in total. The first-order valence-corrected chi connectivity index (χ1v) is 7.14. The number of hydrogen-bond donors (Lipinski definition) is 2. The molecule has 0 spiro atoms. The van der Waals surface area contributed by atoms with E-state index in [2.05, 4.69) is 20.5 Å². The van der Waals surface area contributed by atoms with Crippen LogP contribution in [0, 0.1) is 0 Å². The van der Waals surface area contributed by atoms with E-state index >= 15 is 0 Å². The van der Waals surface area contributed by atoms with E-state index in [0.29, 0.717) is 23.4 Å². The summed E-state index contributed by atoms with van der Waals surface area (Å²) in [6, 6.07) is 3.62. The largest absolute Gasteiger partial charge is 0.467 e. The van der Waals surface area contributed by atoms with Crippen LogP contribution >= 0.6 is 11.8 Å². The average Bonchev–Trinajstić information content (AvgIpc) is 2.95. The molecule has 1 fully saturated rings. The highest BCUT2D eigenvalue weighted by Crippen LogP contribution is 2.38. The fourth-order valence-electron chi connectivity index (χ4n) is 1.64. The summed E-state index contributed by atoms with van der Waals surface area (Å²) in [5, 5.41) is 10.4. The van der Waals surface area contributed by atoms with Gasteiger partial charge in [-0.3, -0.25) is 9.89 Å². The first-order valence-electron chi connectivity index (χ1n) is 6.15. The van der Waals surface area contributed by atoms with Gasteiger partial charge >= 0.3 is 0 Å². The van der Waals surface area contributed by atoms with Crippen molar-refractivity contribution in [3.8, 4) is 0 Å². The quantitative estimate of drug-likeness (QED) is 0.785. The number of thioether (sulfide) groups is 1. The lowest BCUT2D eigenvalue weighted by Crippen LogP contribution is -2.24. The van der Waals surface area contributed by atoms with Gasteiger partial charge in [-0.25, -0.2) is 4.98 Å². The average molecular weight is 278 g/mol. The summed E-state index contributed by atoms with van der Waals surface area (Å²) in [5.74, 6) is 2.49. The Labute approximate surface area is 114 Å². The van der Waals surface area contributed by atoms with Crippen LogP contribution in [0.2, 0.25) is 0 Å². The molecule has 0 aliphatic heterocycles. The molecule has 2 aromatic heterocycles. The lowest BCUT2D eigenvalue weighted by Gasteiger charge is -2.01. The van der Waals surface area contributed by atoms with E-state index in [4.69, 9.17) is 4.42 Å². The summed E-state index contributed by atoms with van der Waals surface area (Å²) < 4.78 is 5.13. The molecule has 0 bridgehead atoms. The molecule has 1 aliphatic rings. The molecule has 19 heavy (non-hydrogen) atoms. The summed E-state index contributed by atoms with van der Waals surface area (Å²) in [7, 11) is 0. The van der Waals surface area contributed by atoms with Crippen LogP contribution in [0.1, 0.15) is 30.3 Å². The zero-order valence-corrected chi connectivity index (χ0v) is 11.1. The Morgan fingerprint density at radius 1 is 1.58 bits per heavy atom. The molecule has 1 saturated carbocycles. The molecule has 7 heteroatoms. The maximum atomic E-state index is 11.6. The second kappa shape index (κ2) is 5.48. The number of aromatic nitrogens is 3. The summed E-state index contributed by atoms with van der Waals surface area (Å²) in [6.45, 7) is 0.410. The van der Waals surface area contributed by atoms with Gasteiger partial charge in [-0.1, -0.05) is 11.8 Å². The molecule has 0 saturated heterocycles. The van der Waals surface area contributed by atoms with Crippen molar-refractivity contribution in [1.82, 2.24) is 20.5 Å². The number of amides is 1. The van der Waals surface area contributed by atoms with E-state index in [1.807, 2.05) is 6.07 Å². The minimum Gasteiger partial charge on any atom is -0.467 e. The van der Waals surface area contributed by atoms with Gasteiger partial charge < -0.3 is 9.73 Å². The Kier molecular flexibility index (Phi) is 3.54. The molecule has 0 unspecified atom stereocenters. The van der Waals surface area contributed by atoms with E-state index in [1.54, 1.807) is 12.3 Å². The second-order valence-corrected chi connectivity index (χ2v) is 5.36. The predicted octanol–water partition coefficient (Wildman–Crippen LogP) is 1.68. The molecule has 2 heterocycles. The molecule has 3 rings (SSSR count). The van der Waals surface area contributed by atoms with Crippen LogP contribution in [0.5, 0.6) is 0 Å². The number of rotatable bonds is 6.